The van der Waals surface area contributed by atoms with Gasteiger partial charge in [0.25, 0.3) is 0 Å². The number of piperidine rings is 1. The highest BCUT2D eigenvalue weighted by Gasteiger charge is 2.42. The molecule has 2 aliphatic rings. The standard InChI is InChI=1S/C21H24N4O3S/c1-26-16-11-14-15(12-17(16)27-2)23-20(24-19(14)22)25-7-5-21(6-8-25)18-13(3-9-28-21)4-10-29-18/h4,10-12H,3,5-9H2,1-2H3,(H2,22,23,24). The molecule has 2 aliphatic heterocycles. The zero-order valence-corrected chi connectivity index (χ0v) is 17.4. The molecule has 4 heterocycles. The minimum atomic E-state index is -0.156. The Bertz CT molecular complexity index is 1060. The number of anilines is 2. The number of hydrogen-bond donors (Lipinski definition) is 1. The van der Waals surface area contributed by atoms with E-state index in [1.54, 1.807) is 14.2 Å². The van der Waals surface area contributed by atoms with E-state index >= 15 is 0 Å². The highest BCUT2D eigenvalue weighted by atomic mass is 32.1. The maximum atomic E-state index is 6.31. The number of nitrogens with zero attached hydrogens (tertiary/aromatic N) is 3. The third-order valence-corrected chi connectivity index (χ3v) is 7.13. The predicted molar refractivity (Wildman–Crippen MR) is 114 cm³/mol. The maximum absolute atomic E-state index is 6.31. The van der Waals surface area contributed by atoms with Crippen molar-refractivity contribution in [2.24, 2.45) is 0 Å². The van der Waals surface area contributed by atoms with Crippen LogP contribution in [0.25, 0.3) is 10.9 Å². The van der Waals surface area contributed by atoms with Crippen LogP contribution in [0.4, 0.5) is 11.8 Å². The number of thiophene rings is 1. The number of methoxy groups -OCH3 is 2. The summed E-state index contributed by atoms with van der Waals surface area (Å²) in [6, 6.07) is 5.92. The Morgan fingerprint density at radius 1 is 1.14 bits per heavy atom. The second kappa shape index (κ2) is 7.03. The fraction of sp³-hybridized carbons (Fsp3) is 0.429. The van der Waals surface area contributed by atoms with Crippen LogP contribution in [-0.2, 0) is 16.8 Å². The van der Waals surface area contributed by atoms with Gasteiger partial charge in [-0.3, -0.25) is 0 Å². The summed E-state index contributed by atoms with van der Waals surface area (Å²) in [5.41, 5.74) is 8.31. The molecule has 5 rings (SSSR count). The first-order valence-corrected chi connectivity index (χ1v) is 10.7. The molecule has 3 aromatic rings. The molecule has 0 atom stereocenters. The summed E-state index contributed by atoms with van der Waals surface area (Å²) in [7, 11) is 3.22. The van der Waals surface area contributed by atoms with Crippen molar-refractivity contribution in [1.29, 1.82) is 0 Å². The van der Waals surface area contributed by atoms with Crippen LogP contribution >= 0.6 is 11.3 Å². The summed E-state index contributed by atoms with van der Waals surface area (Å²) in [4.78, 5) is 13.0. The van der Waals surface area contributed by atoms with Crippen LogP contribution in [0.5, 0.6) is 11.5 Å². The van der Waals surface area contributed by atoms with Gasteiger partial charge in [-0.1, -0.05) is 0 Å². The van der Waals surface area contributed by atoms with Gasteiger partial charge in [-0.15, -0.1) is 11.3 Å². The molecule has 8 heteroatoms. The van der Waals surface area contributed by atoms with E-state index in [1.165, 1.54) is 10.4 Å². The summed E-state index contributed by atoms with van der Waals surface area (Å²) >= 11 is 1.82. The number of ether oxygens (including phenoxy) is 3. The van der Waals surface area contributed by atoms with Crippen molar-refractivity contribution < 1.29 is 14.2 Å². The molecule has 152 valence electrons. The van der Waals surface area contributed by atoms with Crippen molar-refractivity contribution in [3.63, 3.8) is 0 Å². The van der Waals surface area contributed by atoms with E-state index in [0.29, 0.717) is 23.3 Å². The van der Waals surface area contributed by atoms with Crippen LogP contribution in [0.15, 0.2) is 23.6 Å². The van der Waals surface area contributed by atoms with E-state index in [-0.39, 0.29) is 5.60 Å². The van der Waals surface area contributed by atoms with Crippen LogP contribution in [0.2, 0.25) is 0 Å². The van der Waals surface area contributed by atoms with Crippen molar-refractivity contribution in [3.05, 3.63) is 34.0 Å². The Morgan fingerprint density at radius 3 is 2.66 bits per heavy atom. The summed E-state index contributed by atoms with van der Waals surface area (Å²) in [6.45, 7) is 2.45. The molecule has 0 unspecified atom stereocenters. The molecule has 1 spiro atoms. The fourth-order valence-electron chi connectivity index (χ4n) is 4.40. The summed E-state index contributed by atoms with van der Waals surface area (Å²) in [5.74, 6) is 2.34. The Hall–Kier alpha value is -2.58. The minimum Gasteiger partial charge on any atom is -0.493 e. The van der Waals surface area contributed by atoms with Gasteiger partial charge in [0, 0.05) is 29.4 Å². The zero-order valence-electron chi connectivity index (χ0n) is 16.6. The minimum absolute atomic E-state index is 0.156. The van der Waals surface area contributed by atoms with Crippen LogP contribution in [-0.4, -0.2) is 43.9 Å². The largest absolute Gasteiger partial charge is 0.493 e. The monoisotopic (exact) mass is 412 g/mol. The Labute approximate surface area is 173 Å². The number of aromatic nitrogens is 2. The molecular formula is C21H24N4O3S. The normalized spacial score (nSPS) is 18.1. The highest BCUT2D eigenvalue weighted by molar-refractivity contribution is 7.10. The summed E-state index contributed by atoms with van der Waals surface area (Å²) < 4.78 is 17.1. The molecule has 7 nitrogen and oxygen atoms in total. The second-order valence-electron chi connectivity index (χ2n) is 7.49. The average Bonchev–Trinajstić information content (AvgIpc) is 3.24. The SMILES string of the molecule is COc1cc2nc(N3CCC4(CC3)OCCc3ccsc34)nc(N)c2cc1OC. The van der Waals surface area contributed by atoms with Gasteiger partial charge in [0.2, 0.25) is 5.95 Å². The molecule has 2 aromatic heterocycles. The first kappa shape index (κ1) is 18.4. The summed E-state index contributed by atoms with van der Waals surface area (Å²) in [6.07, 6.45) is 2.86. The number of benzene rings is 1. The van der Waals surface area contributed by atoms with Gasteiger partial charge >= 0.3 is 0 Å². The smallest absolute Gasteiger partial charge is 0.227 e. The maximum Gasteiger partial charge on any atom is 0.227 e. The van der Waals surface area contributed by atoms with Crippen LogP contribution in [0.3, 0.4) is 0 Å². The van der Waals surface area contributed by atoms with Crippen molar-refractivity contribution in [1.82, 2.24) is 9.97 Å². The molecule has 29 heavy (non-hydrogen) atoms. The van der Waals surface area contributed by atoms with Gasteiger partial charge in [0.1, 0.15) is 11.4 Å². The molecule has 0 bridgehead atoms. The Morgan fingerprint density at radius 2 is 1.90 bits per heavy atom. The predicted octanol–water partition coefficient (Wildman–Crippen LogP) is 3.36. The summed E-state index contributed by atoms with van der Waals surface area (Å²) in [5, 5.41) is 2.95. The first-order valence-electron chi connectivity index (χ1n) is 9.78. The highest BCUT2D eigenvalue weighted by Crippen LogP contribution is 2.44. The molecular weight excluding hydrogens is 388 g/mol. The van der Waals surface area contributed by atoms with Gasteiger partial charge in [-0.05, 0) is 42.3 Å². The molecule has 1 fully saturated rings. The molecule has 1 aromatic carbocycles. The lowest BCUT2D eigenvalue weighted by Crippen LogP contribution is -2.46. The van der Waals surface area contributed by atoms with E-state index < -0.39 is 0 Å². The van der Waals surface area contributed by atoms with Crippen molar-refractivity contribution in [2.45, 2.75) is 24.9 Å². The number of rotatable bonds is 3. The van der Waals surface area contributed by atoms with Gasteiger partial charge in [-0.2, -0.15) is 4.98 Å². The molecule has 0 aliphatic carbocycles. The van der Waals surface area contributed by atoms with Crippen LogP contribution in [0, 0.1) is 0 Å². The first-order chi connectivity index (χ1) is 14.1. The van der Waals surface area contributed by atoms with Gasteiger partial charge in [0.15, 0.2) is 11.5 Å². The van der Waals surface area contributed by atoms with E-state index in [4.69, 9.17) is 24.9 Å². The molecule has 0 saturated carbocycles. The quantitative estimate of drug-likeness (QED) is 0.706. The number of hydrogen-bond acceptors (Lipinski definition) is 8. The topological polar surface area (TPSA) is 82.7 Å². The lowest BCUT2D eigenvalue weighted by molar-refractivity contribution is -0.0736. The van der Waals surface area contributed by atoms with E-state index in [2.05, 4.69) is 21.3 Å². The lowest BCUT2D eigenvalue weighted by Gasteiger charge is -2.43. The van der Waals surface area contributed by atoms with Gasteiger partial charge < -0.3 is 24.8 Å². The van der Waals surface area contributed by atoms with Crippen LogP contribution < -0.4 is 20.1 Å². The molecule has 0 radical (unpaired) electrons. The van der Waals surface area contributed by atoms with E-state index in [9.17, 15) is 0 Å². The van der Waals surface area contributed by atoms with Crippen molar-refractivity contribution in [2.75, 3.05) is 44.5 Å². The van der Waals surface area contributed by atoms with E-state index in [0.717, 1.165) is 49.9 Å². The lowest BCUT2D eigenvalue weighted by atomic mass is 9.85. The average molecular weight is 413 g/mol. The fourth-order valence-corrected chi connectivity index (χ4v) is 5.57. The van der Waals surface area contributed by atoms with Gasteiger partial charge in [-0.25, -0.2) is 4.98 Å². The zero-order chi connectivity index (χ0) is 20.0. The number of nitrogens with two attached hydrogens (primary N) is 1. The number of nitrogen functional groups attached to an aromatic ring is 1. The van der Waals surface area contributed by atoms with Crippen molar-refractivity contribution in [3.8, 4) is 11.5 Å². The Kier molecular flexibility index (Phi) is 4.48. The third-order valence-electron chi connectivity index (χ3n) is 5.98. The second-order valence-corrected chi connectivity index (χ2v) is 8.40. The molecule has 0 amide bonds. The molecule has 2 N–H and O–H groups in total. The number of fused-ring (bicyclic) bond motifs is 3. The molecule has 1 saturated heterocycles. The third kappa shape index (κ3) is 2.98. The van der Waals surface area contributed by atoms with Gasteiger partial charge in [0.05, 0.1) is 26.3 Å². The Balaban J connectivity index is 1.44. The van der Waals surface area contributed by atoms with E-state index in [1.807, 2.05) is 23.5 Å². The van der Waals surface area contributed by atoms with Crippen LogP contribution in [0.1, 0.15) is 23.3 Å². The van der Waals surface area contributed by atoms with Crippen molar-refractivity contribution >= 4 is 34.0 Å².